The van der Waals surface area contributed by atoms with E-state index in [4.69, 9.17) is 4.74 Å². The lowest BCUT2D eigenvalue weighted by Crippen LogP contribution is -2.49. The lowest BCUT2D eigenvalue weighted by molar-refractivity contribution is -0.134. The van der Waals surface area contributed by atoms with E-state index in [0.29, 0.717) is 19.7 Å². The Morgan fingerprint density at radius 2 is 2.19 bits per heavy atom. The third-order valence-corrected chi connectivity index (χ3v) is 4.85. The Balaban J connectivity index is 1.82. The predicted octanol–water partition coefficient (Wildman–Crippen LogP) is 2.42. The quantitative estimate of drug-likeness (QED) is 0.779. The van der Waals surface area contributed by atoms with Crippen LogP contribution in [0.5, 0.6) is 0 Å². The van der Waals surface area contributed by atoms with Crippen LogP contribution in [-0.4, -0.2) is 43.0 Å². The van der Waals surface area contributed by atoms with Gasteiger partial charge >= 0.3 is 0 Å². The van der Waals surface area contributed by atoms with Gasteiger partial charge < -0.3 is 15.4 Å². The van der Waals surface area contributed by atoms with Gasteiger partial charge in [0, 0.05) is 33.7 Å². The van der Waals surface area contributed by atoms with Gasteiger partial charge in [-0.05, 0) is 38.1 Å². The van der Waals surface area contributed by atoms with Crippen LogP contribution in [0.2, 0.25) is 0 Å². The number of morpholine rings is 1. The third-order valence-electron chi connectivity index (χ3n) is 3.12. The standard InChI is InChI=1S/C15H21BrN2O2S/c1-15(2,21-12-5-3-11(16)4-6-12)10-18-14(19)13-9-17-7-8-20-13/h3-6,13,17H,7-10H2,1-2H3,(H,18,19). The predicted molar refractivity (Wildman–Crippen MR) is 89.7 cm³/mol. The molecule has 116 valence electrons. The molecule has 1 saturated heterocycles. The molecular weight excluding hydrogens is 352 g/mol. The van der Waals surface area contributed by atoms with Gasteiger partial charge in [0.05, 0.1) is 6.61 Å². The van der Waals surface area contributed by atoms with E-state index < -0.39 is 0 Å². The van der Waals surface area contributed by atoms with Crippen LogP contribution in [0.25, 0.3) is 0 Å². The van der Waals surface area contributed by atoms with Gasteiger partial charge in [0.2, 0.25) is 0 Å². The molecular formula is C15H21BrN2O2S. The fourth-order valence-corrected chi connectivity index (χ4v) is 3.32. The van der Waals surface area contributed by atoms with Crippen LogP contribution in [-0.2, 0) is 9.53 Å². The summed E-state index contributed by atoms with van der Waals surface area (Å²) in [6.07, 6.45) is -0.368. The molecule has 6 heteroatoms. The van der Waals surface area contributed by atoms with Crippen molar-refractivity contribution in [2.75, 3.05) is 26.2 Å². The normalized spacial score (nSPS) is 19.3. The number of hydrogen-bond acceptors (Lipinski definition) is 4. The number of hydrogen-bond donors (Lipinski definition) is 2. The second kappa shape index (κ2) is 7.63. The Morgan fingerprint density at radius 1 is 1.48 bits per heavy atom. The van der Waals surface area contributed by atoms with Crippen molar-refractivity contribution in [1.82, 2.24) is 10.6 Å². The molecule has 1 aromatic carbocycles. The Bertz CT molecular complexity index is 473. The maximum absolute atomic E-state index is 12.1. The number of benzene rings is 1. The summed E-state index contributed by atoms with van der Waals surface area (Å²) in [4.78, 5) is 13.2. The van der Waals surface area contributed by atoms with Gasteiger partial charge in [-0.1, -0.05) is 15.9 Å². The Labute approximate surface area is 138 Å². The monoisotopic (exact) mass is 372 g/mol. The fourth-order valence-electron chi connectivity index (χ4n) is 2.01. The minimum Gasteiger partial charge on any atom is -0.366 e. The molecule has 1 aliphatic heterocycles. The van der Waals surface area contributed by atoms with Crippen LogP contribution in [0.15, 0.2) is 33.6 Å². The number of ether oxygens (including phenoxy) is 1. The van der Waals surface area contributed by atoms with Crippen LogP contribution < -0.4 is 10.6 Å². The van der Waals surface area contributed by atoms with Gasteiger partial charge in [-0.3, -0.25) is 4.79 Å². The topological polar surface area (TPSA) is 50.4 Å². The number of nitrogens with one attached hydrogen (secondary N) is 2. The van der Waals surface area contributed by atoms with E-state index in [9.17, 15) is 4.79 Å². The van der Waals surface area contributed by atoms with E-state index in [2.05, 4.69) is 52.5 Å². The number of thioether (sulfide) groups is 1. The maximum Gasteiger partial charge on any atom is 0.250 e. The van der Waals surface area contributed by atoms with Crippen LogP contribution >= 0.6 is 27.7 Å². The summed E-state index contributed by atoms with van der Waals surface area (Å²) in [5.41, 5.74) is 0. The first kappa shape index (κ1) is 16.8. The van der Waals surface area contributed by atoms with Crippen molar-refractivity contribution in [3.8, 4) is 0 Å². The molecule has 0 bridgehead atoms. The Hall–Kier alpha value is -0.560. The van der Waals surface area contributed by atoms with Gasteiger partial charge in [-0.15, -0.1) is 11.8 Å². The molecule has 4 nitrogen and oxygen atoms in total. The summed E-state index contributed by atoms with van der Waals surface area (Å²) in [5, 5.41) is 6.15. The first-order valence-electron chi connectivity index (χ1n) is 7.01. The molecule has 0 spiro atoms. The lowest BCUT2D eigenvalue weighted by Gasteiger charge is -2.27. The number of amides is 1. The van der Waals surface area contributed by atoms with Crippen molar-refractivity contribution in [2.24, 2.45) is 0 Å². The molecule has 1 fully saturated rings. The molecule has 1 heterocycles. The number of rotatable bonds is 5. The Morgan fingerprint density at radius 3 is 2.81 bits per heavy atom. The highest BCUT2D eigenvalue weighted by molar-refractivity contribution is 9.10. The van der Waals surface area contributed by atoms with E-state index >= 15 is 0 Å². The van der Waals surface area contributed by atoms with Gasteiger partial charge in [0.25, 0.3) is 5.91 Å². The average molecular weight is 373 g/mol. The number of carbonyl (C=O) groups excluding carboxylic acids is 1. The van der Waals surface area contributed by atoms with Gasteiger partial charge in [-0.25, -0.2) is 0 Å². The van der Waals surface area contributed by atoms with E-state index in [1.54, 1.807) is 11.8 Å². The number of carbonyl (C=O) groups is 1. The zero-order valence-electron chi connectivity index (χ0n) is 12.3. The largest absolute Gasteiger partial charge is 0.366 e. The smallest absolute Gasteiger partial charge is 0.250 e. The van der Waals surface area contributed by atoms with Crippen molar-refractivity contribution in [3.05, 3.63) is 28.7 Å². The molecule has 0 aliphatic carbocycles. The molecule has 0 radical (unpaired) electrons. The second-order valence-corrected chi connectivity index (χ2v) is 8.29. The van der Waals surface area contributed by atoms with Crippen LogP contribution in [0.1, 0.15) is 13.8 Å². The molecule has 2 rings (SSSR count). The first-order chi connectivity index (χ1) is 9.96. The van der Waals surface area contributed by atoms with Crippen molar-refractivity contribution in [1.29, 1.82) is 0 Å². The molecule has 1 unspecified atom stereocenters. The minimum absolute atomic E-state index is 0.0355. The summed E-state index contributed by atoms with van der Waals surface area (Å²) in [7, 11) is 0. The number of halogens is 1. The lowest BCUT2D eigenvalue weighted by atomic mass is 10.2. The van der Waals surface area contributed by atoms with Crippen molar-refractivity contribution >= 4 is 33.6 Å². The fraction of sp³-hybridized carbons (Fsp3) is 0.533. The highest BCUT2D eigenvalue weighted by atomic mass is 79.9. The van der Waals surface area contributed by atoms with Crippen molar-refractivity contribution in [3.63, 3.8) is 0 Å². The Kier molecular flexibility index (Phi) is 6.10. The first-order valence-corrected chi connectivity index (χ1v) is 8.62. The highest BCUT2D eigenvalue weighted by Gasteiger charge is 2.25. The molecule has 2 N–H and O–H groups in total. The second-order valence-electron chi connectivity index (χ2n) is 5.60. The molecule has 21 heavy (non-hydrogen) atoms. The zero-order valence-corrected chi connectivity index (χ0v) is 14.7. The molecule has 1 aromatic rings. The summed E-state index contributed by atoms with van der Waals surface area (Å²) in [6.45, 7) is 6.85. The van der Waals surface area contributed by atoms with Gasteiger partial charge in [0.15, 0.2) is 0 Å². The summed E-state index contributed by atoms with van der Waals surface area (Å²) >= 11 is 5.18. The van der Waals surface area contributed by atoms with Crippen LogP contribution in [0.4, 0.5) is 0 Å². The van der Waals surface area contributed by atoms with Gasteiger partial charge in [0.1, 0.15) is 6.10 Å². The third kappa shape index (κ3) is 5.62. The van der Waals surface area contributed by atoms with E-state index in [-0.39, 0.29) is 16.8 Å². The molecule has 0 aromatic heterocycles. The minimum atomic E-state index is -0.368. The summed E-state index contributed by atoms with van der Waals surface area (Å²) < 4.78 is 6.44. The van der Waals surface area contributed by atoms with Gasteiger partial charge in [-0.2, -0.15) is 0 Å². The average Bonchev–Trinajstić information content (AvgIpc) is 2.48. The van der Waals surface area contributed by atoms with Crippen molar-refractivity contribution < 1.29 is 9.53 Å². The highest BCUT2D eigenvalue weighted by Crippen LogP contribution is 2.32. The van der Waals surface area contributed by atoms with Crippen LogP contribution in [0, 0.1) is 0 Å². The summed E-state index contributed by atoms with van der Waals surface area (Å²) in [6, 6.07) is 8.20. The van der Waals surface area contributed by atoms with E-state index in [1.165, 1.54) is 4.90 Å². The molecule has 1 aliphatic rings. The van der Waals surface area contributed by atoms with Crippen LogP contribution in [0.3, 0.4) is 0 Å². The summed E-state index contributed by atoms with van der Waals surface area (Å²) in [5.74, 6) is -0.0355. The van der Waals surface area contributed by atoms with E-state index in [0.717, 1.165) is 11.0 Å². The molecule has 1 atom stereocenters. The van der Waals surface area contributed by atoms with Crippen molar-refractivity contribution in [2.45, 2.75) is 29.6 Å². The SMILES string of the molecule is CC(C)(CNC(=O)C1CNCCO1)Sc1ccc(Br)cc1. The zero-order chi connectivity index (χ0) is 15.3. The molecule has 0 saturated carbocycles. The maximum atomic E-state index is 12.1. The van der Waals surface area contributed by atoms with E-state index in [1.807, 2.05) is 12.1 Å². The molecule has 1 amide bonds.